The highest BCUT2D eigenvalue weighted by atomic mass is 19.4. The molecule has 1 fully saturated rings. The zero-order chi connectivity index (χ0) is 18.1. The molecule has 1 saturated heterocycles. The summed E-state index contributed by atoms with van der Waals surface area (Å²) >= 11 is 0. The van der Waals surface area contributed by atoms with E-state index in [0.717, 1.165) is 0 Å². The molecule has 2 rings (SSSR count). The number of likely N-dealkylation sites (tertiary alicyclic amines) is 1. The van der Waals surface area contributed by atoms with Gasteiger partial charge >= 0.3 is 18.2 Å². The molecule has 1 atom stereocenters. The molecular weight excluding hydrogens is 332 g/mol. The molecule has 2 amide bonds. The fourth-order valence-corrected chi connectivity index (χ4v) is 2.54. The van der Waals surface area contributed by atoms with Crippen molar-refractivity contribution in [3.63, 3.8) is 0 Å². The van der Waals surface area contributed by atoms with Gasteiger partial charge < -0.3 is 15.0 Å². The lowest BCUT2D eigenvalue weighted by Gasteiger charge is -2.22. The molecule has 1 aliphatic rings. The molecule has 0 aliphatic carbocycles. The van der Waals surface area contributed by atoms with Gasteiger partial charge in [0.05, 0.1) is 23.8 Å². The minimum absolute atomic E-state index is 0.0338. The molecule has 132 valence electrons. The molecule has 0 spiro atoms. The number of hydrogen-bond donors (Lipinski definition) is 1. The number of urea groups is 1. The zero-order valence-corrected chi connectivity index (χ0v) is 13.0. The lowest BCUT2D eigenvalue weighted by molar-refractivity contribution is -0.150. The van der Waals surface area contributed by atoms with Gasteiger partial charge in [0.25, 0.3) is 0 Å². The highest BCUT2D eigenvalue weighted by molar-refractivity contribution is 5.90. The van der Waals surface area contributed by atoms with Crippen LogP contribution in [0.5, 0.6) is 0 Å². The molecule has 1 heterocycles. The molecule has 0 aromatic heterocycles. The Balaban J connectivity index is 2.12. The normalized spacial score (nSPS) is 20.8. The van der Waals surface area contributed by atoms with Crippen molar-refractivity contribution in [2.75, 3.05) is 25.5 Å². The number of carbonyl (C=O) groups excluding carboxylic acids is 2. The summed E-state index contributed by atoms with van der Waals surface area (Å²) in [5.74, 6) is -1.46. The summed E-state index contributed by atoms with van der Waals surface area (Å²) in [6, 6.07) is 0.986. The average molecular weight is 348 g/mol. The summed E-state index contributed by atoms with van der Waals surface area (Å²) in [6.45, 7) is 1.86. The Morgan fingerprint density at radius 3 is 2.58 bits per heavy atom. The highest BCUT2D eigenvalue weighted by Gasteiger charge is 2.43. The van der Waals surface area contributed by atoms with E-state index in [2.05, 4.69) is 10.1 Å². The molecule has 5 nitrogen and oxygen atoms in total. The van der Waals surface area contributed by atoms with E-state index >= 15 is 0 Å². The predicted molar refractivity (Wildman–Crippen MR) is 76.7 cm³/mol. The van der Waals surface area contributed by atoms with Crippen molar-refractivity contribution < 1.29 is 31.9 Å². The second kappa shape index (κ2) is 6.29. The van der Waals surface area contributed by atoms with Crippen molar-refractivity contribution in [1.29, 1.82) is 0 Å². The summed E-state index contributed by atoms with van der Waals surface area (Å²) in [4.78, 5) is 25.1. The number of nitrogens with zero attached hydrogens (tertiary/aromatic N) is 1. The summed E-state index contributed by atoms with van der Waals surface area (Å²) in [5, 5.41) is 2.12. The van der Waals surface area contributed by atoms with Crippen molar-refractivity contribution in [2.24, 2.45) is 5.41 Å². The van der Waals surface area contributed by atoms with Crippen LogP contribution >= 0.6 is 0 Å². The first-order valence-electron chi connectivity index (χ1n) is 7.08. The number of alkyl halides is 3. The van der Waals surface area contributed by atoms with E-state index in [4.69, 9.17) is 0 Å². The van der Waals surface area contributed by atoms with Crippen molar-refractivity contribution in [1.82, 2.24) is 4.90 Å². The number of ether oxygens (including phenoxy) is 1. The van der Waals surface area contributed by atoms with Gasteiger partial charge in [-0.25, -0.2) is 9.18 Å². The van der Waals surface area contributed by atoms with Crippen molar-refractivity contribution in [3.8, 4) is 0 Å². The topological polar surface area (TPSA) is 58.6 Å². The second-order valence-electron chi connectivity index (χ2n) is 5.85. The Hall–Kier alpha value is -2.32. The Kier molecular flexibility index (Phi) is 4.73. The third-order valence-corrected chi connectivity index (χ3v) is 3.97. The van der Waals surface area contributed by atoms with Crippen molar-refractivity contribution >= 4 is 17.7 Å². The van der Waals surface area contributed by atoms with Gasteiger partial charge in [0, 0.05) is 13.1 Å². The van der Waals surface area contributed by atoms with Crippen LogP contribution in [-0.2, 0) is 15.7 Å². The van der Waals surface area contributed by atoms with Crippen LogP contribution in [-0.4, -0.2) is 37.1 Å². The Bertz CT molecular complexity index is 663. The number of rotatable bonds is 2. The van der Waals surface area contributed by atoms with E-state index < -0.39 is 40.7 Å². The quantitative estimate of drug-likeness (QED) is 0.659. The van der Waals surface area contributed by atoms with Gasteiger partial charge in [-0.1, -0.05) is 0 Å². The largest absolute Gasteiger partial charge is 0.469 e. The van der Waals surface area contributed by atoms with Gasteiger partial charge in [0.2, 0.25) is 0 Å². The molecular formula is C15H16F4N2O3. The summed E-state index contributed by atoms with van der Waals surface area (Å²) < 4.78 is 56.4. The Labute approximate surface area is 135 Å². The highest BCUT2D eigenvalue weighted by Crippen LogP contribution is 2.33. The van der Waals surface area contributed by atoms with Gasteiger partial charge in [-0.15, -0.1) is 0 Å². The van der Waals surface area contributed by atoms with Gasteiger partial charge in [-0.2, -0.15) is 13.2 Å². The number of halogens is 4. The molecule has 1 aromatic carbocycles. The van der Waals surface area contributed by atoms with E-state index in [1.165, 1.54) is 12.0 Å². The van der Waals surface area contributed by atoms with Crippen LogP contribution in [0.15, 0.2) is 18.2 Å². The minimum atomic E-state index is -4.65. The van der Waals surface area contributed by atoms with Crippen LogP contribution in [0, 0.1) is 11.2 Å². The van der Waals surface area contributed by atoms with E-state index in [-0.39, 0.29) is 13.1 Å². The standard InChI is InChI=1S/C15H16F4N2O3/c1-14(12(22)24-2)5-6-21(8-14)13(23)20-11-7-9(15(17,18)19)3-4-10(11)16/h3-4,7H,5-6,8H2,1-2H3,(H,20,23). The number of anilines is 1. The number of benzene rings is 1. The summed E-state index contributed by atoms with van der Waals surface area (Å²) in [7, 11) is 1.23. The van der Waals surface area contributed by atoms with Crippen LogP contribution < -0.4 is 5.32 Å². The van der Waals surface area contributed by atoms with Gasteiger partial charge in [0.1, 0.15) is 5.82 Å². The van der Waals surface area contributed by atoms with E-state index in [0.29, 0.717) is 24.6 Å². The smallest absolute Gasteiger partial charge is 0.416 e. The van der Waals surface area contributed by atoms with E-state index in [1.54, 1.807) is 6.92 Å². The number of esters is 1. The summed E-state index contributed by atoms with van der Waals surface area (Å²) in [6.07, 6.45) is -4.30. The molecule has 0 radical (unpaired) electrons. The fraction of sp³-hybridized carbons (Fsp3) is 0.467. The maximum atomic E-state index is 13.7. The minimum Gasteiger partial charge on any atom is -0.469 e. The molecule has 9 heteroatoms. The van der Waals surface area contributed by atoms with Crippen LogP contribution in [0.4, 0.5) is 28.0 Å². The fourth-order valence-electron chi connectivity index (χ4n) is 2.54. The molecule has 1 aromatic rings. The number of nitrogens with one attached hydrogen (secondary N) is 1. The molecule has 1 N–H and O–H groups in total. The van der Waals surface area contributed by atoms with Gasteiger partial charge in [-0.05, 0) is 31.5 Å². The van der Waals surface area contributed by atoms with Crippen molar-refractivity contribution in [3.05, 3.63) is 29.6 Å². The third kappa shape index (κ3) is 3.60. The first-order valence-corrected chi connectivity index (χ1v) is 7.08. The number of amides is 2. The first-order chi connectivity index (χ1) is 11.1. The van der Waals surface area contributed by atoms with E-state index in [1.807, 2.05) is 0 Å². The maximum absolute atomic E-state index is 13.7. The lowest BCUT2D eigenvalue weighted by atomic mass is 9.90. The maximum Gasteiger partial charge on any atom is 0.416 e. The first kappa shape index (κ1) is 18.0. The second-order valence-corrected chi connectivity index (χ2v) is 5.85. The Morgan fingerprint density at radius 1 is 1.33 bits per heavy atom. The van der Waals surface area contributed by atoms with Crippen LogP contribution in [0.1, 0.15) is 18.9 Å². The van der Waals surface area contributed by atoms with Crippen LogP contribution in [0.25, 0.3) is 0 Å². The molecule has 1 aliphatic heterocycles. The predicted octanol–water partition coefficient (Wildman–Crippen LogP) is 3.26. The van der Waals surface area contributed by atoms with E-state index in [9.17, 15) is 27.2 Å². The SMILES string of the molecule is COC(=O)C1(C)CCN(C(=O)Nc2cc(C(F)(F)F)ccc2F)C1. The number of carbonyl (C=O) groups is 2. The number of hydrogen-bond acceptors (Lipinski definition) is 3. The summed E-state index contributed by atoms with van der Waals surface area (Å²) in [5.41, 5.74) is -2.53. The molecule has 24 heavy (non-hydrogen) atoms. The monoisotopic (exact) mass is 348 g/mol. The third-order valence-electron chi connectivity index (χ3n) is 3.97. The lowest BCUT2D eigenvalue weighted by Crippen LogP contribution is -2.37. The van der Waals surface area contributed by atoms with Crippen LogP contribution in [0.3, 0.4) is 0 Å². The van der Waals surface area contributed by atoms with Crippen molar-refractivity contribution in [2.45, 2.75) is 19.5 Å². The average Bonchev–Trinajstić information content (AvgIpc) is 2.91. The number of methoxy groups -OCH3 is 1. The molecule has 0 bridgehead atoms. The molecule has 1 unspecified atom stereocenters. The zero-order valence-electron chi connectivity index (χ0n) is 13.0. The molecule has 0 saturated carbocycles. The van der Waals surface area contributed by atoms with Crippen LogP contribution in [0.2, 0.25) is 0 Å². The van der Waals surface area contributed by atoms with Gasteiger partial charge in [0.15, 0.2) is 0 Å². The Morgan fingerprint density at radius 2 is 2.00 bits per heavy atom. The van der Waals surface area contributed by atoms with Gasteiger partial charge in [-0.3, -0.25) is 4.79 Å².